The summed E-state index contributed by atoms with van der Waals surface area (Å²) in [7, 11) is -7.53. The molecule has 0 fully saturated rings. The SMILES string of the molecule is NS(=O)(=O)c1ccc2c(c1)CCN2S(=O)(=O)c1ccc(CCCCl)cc1. The van der Waals surface area contributed by atoms with Gasteiger partial charge in [-0.15, -0.1) is 11.6 Å². The van der Waals surface area contributed by atoms with Crippen LogP contribution in [0.25, 0.3) is 0 Å². The highest BCUT2D eigenvalue weighted by molar-refractivity contribution is 7.92. The van der Waals surface area contributed by atoms with Crippen molar-refractivity contribution in [3.63, 3.8) is 0 Å². The molecule has 0 bridgehead atoms. The van der Waals surface area contributed by atoms with Crippen LogP contribution < -0.4 is 9.44 Å². The van der Waals surface area contributed by atoms with Crippen LogP contribution in [-0.2, 0) is 32.9 Å². The van der Waals surface area contributed by atoms with Crippen molar-refractivity contribution in [3.05, 3.63) is 53.6 Å². The lowest BCUT2D eigenvalue weighted by atomic mass is 10.1. The zero-order valence-corrected chi connectivity index (χ0v) is 16.3. The van der Waals surface area contributed by atoms with Gasteiger partial charge >= 0.3 is 0 Å². The van der Waals surface area contributed by atoms with E-state index < -0.39 is 20.0 Å². The van der Waals surface area contributed by atoms with Crippen LogP contribution in [0.15, 0.2) is 52.3 Å². The second kappa shape index (κ2) is 7.19. The Morgan fingerprint density at radius 2 is 1.65 bits per heavy atom. The summed E-state index contributed by atoms with van der Waals surface area (Å²) in [5.41, 5.74) is 2.17. The zero-order chi connectivity index (χ0) is 18.9. The van der Waals surface area contributed by atoms with Crippen molar-refractivity contribution in [3.8, 4) is 0 Å². The standard InChI is InChI=1S/C17H19ClN2O4S2/c18-10-1-2-13-3-5-15(6-4-13)26(23,24)20-11-9-14-12-16(25(19,21)22)7-8-17(14)20/h3-8,12H,1-2,9-11H2,(H2,19,21,22). The number of rotatable bonds is 6. The molecule has 9 heteroatoms. The number of hydrogen-bond donors (Lipinski definition) is 1. The molecule has 0 amide bonds. The molecule has 140 valence electrons. The van der Waals surface area contributed by atoms with E-state index in [2.05, 4.69) is 0 Å². The molecule has 0 spiro atoms. The average molecular weight is 415 g/mol. The Labute approximate surface area is 158 Å². The molecule has 1 aliphatic rings. The molecule has 0 unspecified atom stereocenters. The molecule has 0 atom stereocenters. The predicted molar refractivity (Wildman–Crippen MR) is 102 cm³/mol. The summed E-state index contributed by atoms with van der Waals surface area (Å²) in [6.45, 7) is 0.264. The van der Waals surface area contributed by atoms with Gasteiger partial charge in [-0.2, -0.15) is 0 Å². The quantitative estimate of drug-likeness (QED) is 0.733. The van der Waals surface area contributed by atoms with Gasteiger partial charge in [0.2, 0.25) is 10.0 Å². The summed E-state index contributed by atoms with van der Waals surface area (Å²) in [5, 5.41) is 5.14. The Bertz CT molecular complexity index is 1020. The lowest BCUT2D eigenvalue weighted by molar-refractivity contribution is 0.592. The van der Waals surface area contributed by atoms with Gasteiger partial charge in [0, 0.05) is 12.4 Å². The summed E-state index contributed by atoms with van der Waals surface area (Å²) >= 11 is 5.68. The number of sulfonamides is 2. The number of benzene rings is 2. The highest BCUT2D eigenvalue weighted by Crippen LogP contribution is 2.34. The van der Waals surface area contributed by atoms with Gasteiger partial charge in [-0.3, -0.25) is 4.31 Å². The van der Waals surface area contributed by atoms with Gasteiger partial charge in [-0.1, -0.05) is 12.1 Å². The minimum Gasteiger partial charge on any atom is -0.266 e. The van der Waals surface area contributed by atoms with Gasteiger partial charge in [0.25, 0.3) is 10.0 Å². The van der Waals surface area contributed by atoms with E-state index in [1.807, 2.05) is 0 Å². The third-order valence-electron chi connectivity index (χ3n) is 4.34. The second-order valence-corrected chi connectivity index (χ2v) is 9.90. The predicted octanol–water partition coefficient (Wildman–Crippen LogP) is 2.26. The fraction of sp³-hybridized carbons (Fsp3) is 0.294. The van der Waals surface area contributed by atoms with Crippen LogP contribution in [0.2, 0.25) is 0 Å². The number of nitrogens with two attached hydrogens (primary N) is 1. The van der Waals surface area contributed by atoms with E-state index >= 15 is 0 Å². The number of nitrogens with zero attached hydrogens (tertiary/aromatic N) is 1. The highest BCUT2D eigenvalue weighted by Gasteiger charge is 2.31. The normalized spacial score (nSPS) is 14.5. The van der Waals surface area contributed by atoms with Crippen molar-refractivity contribution in [2.24, 2.45) is 5.14 Å². The molecule has 2 N–H and O–H groups in total. The van der Waals surface area contributed by atoms with Crippen LogP contribution in [0.1, 0.15) is 17.5 Å². The first kappa shape index (κ1) is 19.2. The van der Waals surface area contributed by atoms with Crippen molar-refractivity contribution < 1.29 is 16.8 Å². The maximum atomic E-state index is 13.0. The number of anilines is 1. The molecule has 3 rings (SSSR count). The summed E-state index contributed by atoms with van der Waals surface area (Å²) in [5.74, 6) is 0.561. The number of fused-ring (bicyclic) bond motifs is 1. The molecule has 0 aliphatic carbocycles. The van der Waals surface area contributed by atoms with E-state index in [9.17, 15) is 16.8 Å². The first-order chi connectivity index (χ1) is 12.2. The molecule has 1 aliphatic heterocycles. The van der Waals surface area contributed by atoms with E-state index in [-0.39, 0.29) is 16.3 Å². The maximum Gasteiger partial charge on any atom is 0.264 e. The van der Waals surface area contributed by atoms with Gasteiger partial charge in [-0.25, -0.2) is 22.0 Å². The van der Waals surface area contributed by atoms with Crippen LogP contribution in [0.3, 0.4) is 0 Å². The fourth-order valence-corrected chi connectivity index (χ4v) is 5.20. The molecule has 6 nitrogen and oxygen atoms in total. The molecule has 0 aromatic heterocycles. The van der Waals surface area contributed by atoms with Crippen molar-refractivity contribution >= 4 is 37.3 Å². The lowest BCUT2D eigenvalue weighted by Crippen LogP contribution is -2.29. The van der Waals surface area contributed by atoms with E-state index in [0.29, 0.717) is 23.6 Å². The number of halogens is 1. The van der Waals surface area contributed by atoms with Crippen LogP contribution in [0.5, 0.6) is 0 Å². The largest absolute Gasteiger partial charge is 0.266 e. The zero-order valence-electron chi connectivity index (χ0n) is 13.9. The minimum absolute atomic E-state index is 0.0147. The Kier molecular flexibility index (Phi) is 5.30. The van der Waals surface area contributed by atoms with Crippen molar-refractivity contribution in [1.29, 1.82) is 0 Å². The van der Waals surface area contributed by atoms with E-state index in [1.165, 1.54) is 22.5 Å². The smallest absolute Gasteiger partial charge is 0.264 e. The molecular formula is C17H19ClN2O4S2. The molecule has 0 radical (unpaired) electrons. The van der Waals surface area contributed by atoms with Crippen molar-refractivity contribution in [2.75, 3.05) is 16.7 Å². The average Bonchev–Trinajstić information content (AvgIpc) is 3.03. The first-order valence-corrected chi connectivity index (χ1v) is 11.6. The van der Waals surface area contributed by atoms with Crippen LogP contribution in [-0.4, -0.2) is 29.3 Å². The number of hydrogen-bond acceptors (Lipinski definition) is 4. The van der Waals surface area contributed by atoms with Crippen LogP contribution >= 0.6 is 11.6 Å². The Hall–Kier alpha value is -1.61. The van der Waals surface area contributed by atoms with E-state index in [0.717, 1.165) is 18.4 Å². The van der Waals surface area contributed by atoms with Crippen molar-refractivity contribution in [2.45, 2.75) is 29.1 Å². The fourth-order valence-electron chi connectivity index (χ4n) is 3.00. The first-order valence-electron chi connectivity index (χ1n) is 8.07. The Balaban J connectivity index is 1.91. The Morgan fingerprint density at radius 1 is 1.00 bits per heavy atom. The van der Waals surface area contributed by atoms with Crippen molar-refractivity contribution in [1.82, 2.24) is 0 Å². The third kappa shape index (κ3) is 3.73. The van der Waals surface area contributed by atoms with E-state index in [1.54, 1.807) is 24.3 Å². The number of alkyl halides is 1. The molecular weight excluding hydrogens is 396 g/mol. The molecule has 2 aromatic rings. The van der Waals surface area contributed by atoms with Gasteiger partial charge in [0.05, 0.1) is 15.5 Å². The Morgan fingerprint density at radius 3 is 2.27 bits per heavy atom. The lowest BCUT2D eigenvalue weighted by Gasteiger charge is -2.20. The van der Waals surface area contributed by atoms with Gasteiger partial charge in [-0.05, 0) is 60.7 Å². The number of primary sulfonamides is 1. The molecule has 1 heterocycles. The highest BCUT2D eigenvalue weighted by atomic mass is 35.5. The summed E-state index contributed by atoms with van der Waals surface area (Å²) in [6.07, 6.45) is 2.07. The van der Waals surface area contributed by atoms with Gasteiger partial charge < -0.3 is 0 Å². The second-order valence-electron chi connectivity index (χ2n) is 6.10. The summed E-state index contributed by atoms with van der Waals surface area (Å²) in [4.78, 5) is 0.189. The van der Waals surface area contributed by atoms with Gasteiger partial charge in [0.1, 0.15) is 0 Å². The maximum absolute atomic E-state index is 13.0. The number of aryl methyl sites for hydroxylation is 1. The summed E-state index contributed by atoms with van der Waals surface area (Å²) in [6, 6.07) is 11.0. The third-order valence-corrected chi connectivity index (χ3v) is 7.35. The van der Waals surface area contributed by atoms with Crippen LogP contribution in [0.4, 0.5) is 5.69 Å². The molecule has 0 saturated carbocycles. The topological polar surface area (TPSA) is 97.5 Å². The minimum atomic E-state index is -3.82. The summed E-state index contributed by atoms with van der Waals surface area (Å²) < 4.78 is 50.2. The van der Waals surface area contributed by atoms with Gasteiger partial charge in [0.15, 0.2) is 0 Å². The van der Waals surface area contributed by atoms with Crippen LogP contribution in [0, 0.1) is 0 Å². The molecule has 0 saturated heterocycles. The van der Waals surface area contributed by atoms with E-state index in [4.69, 9.17) is 16.7 Å². The molecule has 26 heavy (non-hydrogen) atoms. The molecule has 2 aromatic carbocycles. The monoisotopic (exact) mass is 414 g/mol.